The Balaban J connectivity index is 3.95. The molecule has 51 heavy (non-hydrogen) atoms. The molecule has 11 nitrogen and oxygen atoms in total. The summed E-state index contributed by atoms with van der Waals surface area (Å²) in [6.07, 6.45) is 32.4. The highest BCUT2D eigenvalue weighted by atomic mass is 31.2. The Morgan fingerprint density at radius 3 is 1.49 bits per heavy atom. The van der Waals surface area contributed by atoms with Gasteiger partial charge in [-0.05, 0) is 38.5 Å². The van der Waals surface area contributed by atoms with Gasteiger partial charge in [0.25, 0.3) is 0 Å². The number of phosphoric acid groups is 1. The van der Waals surface area contributed by atoms with Crippen molar-refractivity contribution in [3.63, 3.8) is 0 Å². The lowest BCUT2D eigenvalue weighted by Gasteiger charge is -2.18. The molecule has 1 amide bonds. The summed E-state index contributed by atoms with van der Waals surface area (Å²) < 4.78 is 26.7. The van der Waals surface area contributed by atoms with E-state index in [0.717, 1.165) is 57.8 Å². The van der Waals surface area contributed by atoms with E-state index in [1.54, 1.807) is 0 Å². The van der Waals surface area contributed by atoms with Crippen molar-refractivity contribution in [3.8, 4) is 0 Å². The molecule has 0 aliphatic rings. The second kappa shape index (κ2) is 35.3. The van der Waals surface area contributed by atoms with Gasteiger partial charge >= 0.3 is 19.8 Å². The quantitative estimate of drug-likeness (QED) is 0.0206. The SMILES string of the molecule is CCCCCCCCC/C=C\CCCCCCCC(=O)NC(COP(=O)(O)OCC(O)COC(=O)CCCCCCCCCCCCC)C(=O)O. The largest absolute Gasteiger partial charge is 0.480 e. The number of carboxylic acids is 1. The Kier molecular flexibility index (Phi) is 34.0. The van der Waals surface area contributed by atoms with Crippen molar-refractivity contribution in [2.45, 2.75) is 199 Å². The van der Waals surface area contributed by atoms with E-state index in [1.807, 2.05) is 0 Å². The highest BCUT2D eigenvalue weighted by Gasteiger charge is 2.28. The number of rotatable bonds is 38. The van der Waals surface area contributed by atoms with Crippen molar-refractivity contribution >= 4 is 25.7 Å². The van der Waals surface area contributed by atoms with E-state index in [4.69, 9.17) is 13.8 Å². The molecule has 0 aromatic heterocycles. The summed E-state index contributed by atoms with van der Waals surface area (Å²) in [6, 6.07) is -1.55. The Hall–Kier alpha value is -1.78. The fraction of sp³-hybridized carbons (Fsp3) is 0.872. The Morgan fingerprint density at radius 2 is 1.02 bits per heavy atom. The van der Waals surface area contributed by atoms with Crippen LogP contribution in [0.5, 0.6) is 0 Å². The number of hydrogen-bond acceptors (Lipinski definition) is 8. The van der Waals surface area contributed by atoms with Gasteiger partial charge in [-0.25, -0.2) is 9.36 Å². The minimum absolute atomic E-state index is 0.138. The number of aliphatic hydroxyl groups excluding tert-OH is 1. The molecule has 0 bridgehead atoms. The van der Waals surface area contributed by atoms with Crippen LogP contribution in [0, 0.1) is 0 Å². The fourth-order valence-corrected chi connectivity index (χ4v) is 6.38. The highest BCUT2D eigenvalue weighted by molar-refractivity contribution is 7.47. The zero-order valence-electron chi connectivity index (χ0n) is 32.2. The Labute approximate surface area is 309 Å². The number of esters is 1. The molecule has 0 aliphatic heterocycles. The molecule has 12 heteroatoms. The molecule has 0 saturated carbocycles. The average Bonchev–Trinajstić information content (AvgIpc) is 3.10. The predicted molar refractivity (Wildman–Crippen MR) is 203 cm³/mol. The average molecular weight is 748 g/mol. The number of phosphoric ester groups is 1. The predicted octanol–water partition coefficient (Wildman–Crippen LogP) is 9.72. The van der Waals surface area contributed by atoms with Gasteiger partial charge in [-0.2, -0.15) is 0 Å². The normalized spacial score (nSPS) is 14.0. The molecule has 0 saturated heterocycles. The Morgan fingerprint density at radius 1 is 0.608 bits per heavy atom. The molecule has 3 atom stereocenters. The number of unbranched alkanes of at least 4 members (excludes halogenated alkanes) is 22. The van der Waals surface area contributed by atoms with Gasteiger partial charge in [0.1, 0.15) is 12.7 Å². The molecule has 0 aliphatic carbocycles. The number of ether oxygens (including phenoxy) is 1. The van der Waals surface area contributed by atoms with E-state index >= 15 is 0 Å². The summed E-state index contributed by atoms with van der Waals surface area (Å²) in [4.78, 5) is 45.7. The lowest BCUT2D eigenvalue weighted by atomic mass is 10.1. The first-order chi connectivity index (χ1) is 24.6. The standard InChI is InChI=1S/C39H74NO10P/c1-3-5-7-9-11-13-15-16-17-18-19-21-22-24-26-28-30-37(42)40-36(39(44)45)34-50-51(46,47)49-33-35(41)32-48-38(43)31-29-27-25-23-20-14-12-10-8-6-4-2/h17-18,35-36,41H,3-16,19-34H2,1-2H3,(H,40,42)(H,44,45)(H,46,47)/b18-17-. The zero-order valence-corrected chi connectivity index (χ0v) is 33.1. The summed E-state index contributed by atoms with van der Waals surface area (Å²) in [7, 11) is -4.75. The van der Waals surface area contributed by atoms with Crippen LogP contribution in [-0.4, -0.2) is 64.9 Å². The molecule has 300 valence electrons. The van der Waals surface area contributed by atoms with Crippen LogP contribution in [0.4, 0.5) is 0 Å². The maximum absolute atomic E-state index is 12.3. The van der Waals surface area contributed by atoms with E-state index in [9.17, 15) is 34.1 Å². The molecule has 4 N–H and O–H groups in total. The van der Waals surface area contributed by atoms with Gasteiger partial charge in [0, 0.05) is 12.8 Å². The summed E-state index contributed by atoms with van der Waals surface area (Å²) in [5, 5.41) is 21.7. The van der Waals surface area contributed by atoms with Crippen LogP contribution in [0.1, 0.15) is 187 Å². The molecule has 0 radical (unpaired) electrons. The number of aliphatic hydroxyl groups is 1. The van der Waals surface area contributed by atoms with Crippen molar-refractivity contribution in [2.75, 3.05) is 19.8 Å². The van der Waals surface area contributed by atoms with Gasteiger partial charge in [-0.15, -0.1) is 0 Å². The topological polar surface area (TPSA) is 169 Å². The molecule has 0 fully saturated rings. The minimum atomic E-state index is -4.75. The summed E-state index contributed by atoms with van der Waals surface area (Å²) in [5.41, 5.74) is 0. The summed E-state index contributed by atoms with van der Waals surface area (Å²) in [5.74, 6) is -2.38. The van der Waals surface area contributed by atoms with E-state index < -0.39 is 57.6 Å². The van der Waals surface area contributed by atoms with E-state index in [2.05, 4.69) is 31.3 Å². The third-order valence-electron chi connectivity index (χ3n) is 8.80. The number of carbonyl (C=O) groups excluding carboxylic acids is 2. The molecular weight excluding hydrogens is 673 g/mol. The molecule has 0 heterocycles. The first-order valence-corrected chi connectivity index (χ1v) is 21.7. The minimum Gasteiger partial charge on any atom is -0.480 e. The number of aliphatic carboxylic acids is 1. The number of amides is 1. The molecule has 3 unspecified atom stereocenters. The van der Waals surface area contributed by atoms with Gasteiger partial charge in [0.2, 0.25) is 5.91 Å². The van der Waals surface area contributed by atoms with Crippen LogP contribution in [0.2, 0.25) is 0 Å². The van der Waals surface area contributed by atoms with Crippen molar-refractivity contribution in [1.29, 1.82) is 0 Å². The van der Waals surface area contributed by atoms with Gasteiger partial charge in [0.15, 0.2) is 6.04 Å². The van der Waals surface area contributed by atoms with Crippen molar-refractivity contribution in [2.24, 2.45) is 0 Å². The van der Waals surface area contributed by atoms with Crippen LogP contribution in [0.3, 0.4) is 0 Å². The van der Waals surface area contributed by atoms with Crippen molar-refractivity contribution < 1.29 is 47.8 Å². The summed E-state index contributed by atoms with van der Waals surface area (Å²) >= 11 is 0. The van der Waals surface area contributed by atoms with Crippen LogP contribution in [0.25, 0.3) is 0 Å². The lowest BCUT2D eigenvalue weighted by molar-refractivity contribution is -0.147. The van der Waals surface area contributed by atoms with Crippen molar-refractivity contribution in [3.05, 3.63) is 12.2 Å². The van der Waals surface area contributed by atoms with E-state index in [-0.39, 0.29) is 12.8 Å². The third kappa shape index (κ3) is 35.0. The first kappa shape index (κ1) is 49.2. The number of nitrogens with one attached hydrogen (secondary N) is 1. The lowest BCUT2D eigenvalue weighted by Crippen LogP contribution is -2.43. The van der Waals surface area contributed by atoms with E-state index in [0.29, 0.717) is 12.8 Å². The maximum Gasteiger partial charge on any atom is 0.472 e. The number of carbonyl (C=O) groups is 3. The van der Waals surface area contributed by atoms with Gasteiger partial charge in [0.05, 0.1) is 13.2 Å². The van der Waals surface area contributed by atoms with Crippen LogP contribution in [-0.2, 0) is 32.7 Å². The zero-order chi connectivity index (χ0) is 37.8. The molecular formula is C39H74NO10P. The van der Waals surface area contributed by atoms with Crippen LogP contribution in [0.15, 0.2) is 12.2 Å². The fourth-order valence-electron chi connectivity index (χ4n) is 5.60. The molecule has 0 rings (SSSR count). The van der Waals surface area contributed by atoms with Crippen molar-refractivity contribution in [1.82, 2.24) is 5.32 Å². The first-order valence-electron chi connectivity index (χ1n) is 20.2. The molecule has 0 aromatic rings. The maximum atomic E-state index is 12.3. The van der Waals surface area contributed by atoms with Gasteiger partial charge in [-0.1, -0.05) is 148 Å². The second-order valence-corrected chi connectivity index (χ2v) is 15.3. The number of hydrogen-bond donors (Lipinski definition) is 4. The molecule has 0 aromatic carbocycles. The highest BCUT2D eigenvalue weighted by Crippen LogP contribution is 2.43. The Bertz CT molecular complexity index is 932. The molecule has 0 spiro atoms. The van der Waals surface area contributed by atoms with Crippen LogP contribution >= 0.6 is 7.82 Å². The summed E-state index contributed by atoms with van der Waals surface area (Å²) in [6.45, 7) is 2.57. The second-order valence-electron chi connectivity index (χ2n) is 13.8. The van der Waals surface area contributed by atoms with Gasteiger partial charge < -0.3 is 25.2 Å². The third-order valence-corrected chi connectivity index (χ3v) is 9.76. The van der Waals surface area contributed by atoms with Crippen LogP contribution < -0.4 is 5.32 Å². The monoisotopic (exact) mass is 748 g/mol. The van der Waals surface area contributed by atoms with Gasteiger partial charge in [-0.3, -0.25) is 18.6 Å². The number of allylic oxidation sites excluding steroid dienone is 2. The van der Waals surface area contributed by atoms with E-state index in [1.165, 1.54) is 89.9 Å². The smallest absolute Gasteiger partial charge is 0.472 e. The number of carboxylic acid groups (broad SMARTS) is 1.